The van der Waals surface area contributed by atoms with Gasteiger partial charge in [-0.2, -0.15) is 0 Å². The number of nitrogens with two attached hydrogens (primary N) is 1. The molecule has 4 rings (SSSR count). The summed E-state index contributed by atoms with van der Waals surface area (Å²) >= 11 is 0. The van der Waals surface area contributed by atoms with Gasteiger partial charge in [-0.05, 0) is 55.4 Å². The lowest BCUT2D eigenvalue weighted by atomic mass is 10.1. The van der Waals surface area contributed by atoms with Crippen molar-refractivity contribution in [1.29, 1.82) is 5.41 Å². The number of amides is 1. The molecule has 1 amide bonds. The van der Waals surface area contributed by atoms with E-state index in [1.54, 1.807) is 12.4 Å². The van der Waals surface area contributed by atoms with Crippen molar-refractivity contribution < 1.29 is 4.79 Å². The minimum Gasteiger partial charge on any atom is -0.384 e. The summed E-state index contributed by atoms with van der Waals surface area (Å²) in [6.45, 7) is 8.69. The topological polar surface area (TPSA) is 127 Å². The maximum Gasteiger partial charge on any atom is 0.251 e. The first kappa shape index (κ1) is 26.8. The van der Waals surface area contributed by atoms with E-state index in [0.717, 1.165) is 53.9 Å². The Morgan fingerprint density at radius 1 is 1.08 bits per heavy atom. The Morgan fingerprint density at radius 3 is 2.55 bits per heavy atom. The standard InChI is InChI=1S/C29H36N8O/c1-4-37(5-2)17-16-36(3)29-33-15-13-25(35-29)21-7-9-22(10-8-21)28(38)32-14-12-20-6-11-26-23(18-20)24(19-34-26)27(30)31/h6-11,13,15,18-19,34H,4-5,12,14,16-17H2,1-3H3,(H3,30,31)(H,32,38). The van der Waals surface area contributed by atoms with Gasteiger partial charge in [-0.1, -0.05) is 32.0 Å². The number of benzene rings is 2. The van der Waals surface area contributed by atoms with Crippen molar-refractivity contribution in [3.8, 4) is 11.3 Å². The van der Waals surface area contributed by atoms with Crippen LogP contribution in [0.4, 0.5) is 5.95 Å². The second kappa shape index (κ2) is 12.3. The maximum atomic E-state index is 12.7. The number of fused-ring (bicyclic) bond motifs is 1. The lowest BCUT2D eigenvalue weighted by Crippen LogP contribution is -2.33. The lowest BCUT2D eigenvalue weighted by Gasteiger charge is -2.23. The molecule has 0 radical (unpaired) electrons. The Balaban J connectivity index is 1.34. The normalized spacial score (nSPS) is 11.2. The van der Waals surface area contributed by atoms with E-state index < -0.39 is 0 Å². The molecule has 9 heteroatoms. The summed E-state index contributed by atoms with van der Waals surface area (Å²) < 4.78 is 0. The van der Waals surface area contributed by atoms with E-state index in [1.165, 1.54) is 0 Å². The number of nitrogen functional groups attached to an aromatic ring is 1. The average Bonchev–Trinajstić information content (AvgIpc) is 3.37. The number of nitrogens with zero attached hydrogens (tertiary/aromatic N) is 4. The van der Waals surface area contributed by atoms with Gasteiger partial charge in [-0.3, -0.25) is 10.2 Å². The molecule has 0 fully saturated rings. The van der Waals surface area contributed by atoms with Gasteiger partial charge in [0, 0.05) is 66.7 Å². The minimum absolute atomic E-state index is 0.0330. The number of carbonyl (C=O) groups excluding carboxylic acids is 1. The molecule has 2 aromatic carbocycles. The molecule has 198 valence electrons. The fraction of sp³-hybridized carbons (Fsp3) is 0.310. The molecule has 0 bridgehead atoms. The predicted octanol–water partition coefficient (Wildman–Crippen LogP) is 3.66. The van der Waals surface area contributed by atoms with Crippen molar-refractivity contribution in [2.75, 3.05) is 44.7 Å². The Morgan fingerprint density at radius 2 is 1.84 bits per heavy atom. The third kappa shape index (κ3) is 6.36. The number of carbonyl (C=O) groups is 1. The largest absolute Gasteiger partial charge is 0.384 e. The number of rotatable bonds is 12. The van der Waals surface area contributed by atoms with Crippen LogP contribution in [0.3, 0.4) is 0 Å². The van der Waals surface area contributed by atoms with E-state index in [9.17, 15) is 4.79 Å². The summed E-state index contributed by atoms with van der Waals surface area (Å²) in [7, 11) is 2.01. The molecule has 2 aromatic heterocycles. The summed E-state index contributed by atoms with van der Waals surface area (Å²) in [6, 6.07) is 15.4. The fourth-order valence-electron chi connectivity index (χ4n) is 4.39. The highest BCUT2D eigenvalue weighted by atomic mass is 16.1. The summed E-state index contributed by atoms with van der Waals surface area (Å²) in [5, 5.41) is 11.6. The first-order valence-corrected chi connectivity index (χ1v) is 13.0. The Hall–Kier alpha value is -4.24. The molecule has 0 atom stereocenters. The zero-order valence-corrected chi connectivity index (χ0v) is 22.3. The SMILES string of the molecule is CCN(CC)CCN(C)c1nccc(-c2ccc(C(=O)NCCc3ccc4[nH]cc(C(=N)N)c4c3)cc2)n1. The highest BCUT2D eigenvalue weighted by Crippen LogP contribution is 2.21. The van der Waals surface area contributed by atoms with Crippen LogP contribution in [-0.4, -0.2) is 71.4 Å². The molecule has 4 aromatic rings. The van der Waals surface area contributed by atoms with E-state index in [1.807, 2.05) is 55.6 Å². The molecule has 0 saturated carbocycles. The first-order valence-electron chi connectivity index (χ1n) is 13.0. The zero-order valence-electron chi connectivity index (χ0n) is 22.3. The smallest absolute Gasteiger partial charge is 0.251 e. The van der Waals surface area contributed by atoms with E-state index >= 15 is 0 Å². The van der Waals surface area contributed by atoms with Gasteiger partial charge in [-0.25, -0.2) is 9.97 Å². The van der Waals surface area contributed by atoms with Gasteiger partial charge in [0.1, 0.15) is 5.84 Å². The summed E-state index contributed by atoms with van der Waals surface area (Å²) in [4.78, 5) is 29.5. The fourth-order valence-corrected chi connectivity index (χ4v) is 4.39. The minimum atomic E-state index is -0.122. The number of anilines is 1. The second-order valence-corrected chi connectivity index (χ2v) is 9.27. The van der Waals surface area contributed by atoms with E-state index in [0.29, 0.717) is 30.0 Å². The number of aromatic nitrogens is 3. The molecule has 0 aliphatic rings. The van der Waals surface area contributed by atoms with Gasteiger partial charge in [-0.15, -0.1) is 0 Å². The van der Waals surface area contributed by atoms with Crippen molar-refractivity contribution in [3.63, 3.8) is 0 Å². The third-order valence-electron chi connectivity index (χ3n) is 6.81. The number of H-pyrrole nitrogens is 1. The number of hydrogen-bond acceptors (Lipinski definition) is 6. The van der Waals surface area contributed by atoms with Crippen molar-refractivity contribution in [2.24, 2.45) is 5.73 Å². The number of hydrogen-bond donors (Lipinski definition) is 4. The van der Waals surface area contributed by atoms with Crippen LogP contribution in [0.25, 0.3) is 22.2 Å². The van der Waals surface area contributed by atoms with Crippen LogP contribution >= 0.6 is 0 Å². The molecular weight excluding hydrogens is 476 g/mol. The quantitative estimate of drug-likeness (QED) is 0.169. The molecule has 38 heavy (non-hydrogen) atoms. The highest BCUT2D eigenvalue weighted by molar-refractivity contribution is 6.07. The monoisotopic (exact) mass is 512 g/mol. The van der Waals surface area contributed by atoms with Gasteiger partial charge in [0.15, 0.2) is 0 Å². The zero-order chi connectivity index (χ0) is 27.1. The van der Waals surface area contributed by atoms with E-state index in [2.05, 4.69) is 38.9 Å². The van der Waals surface area contributed by atoms with E-state index in [-0.39, 0.29) is 11.7 Å². The summed E-state index contributed by atoms with van der Waals surface area (Å²) in [5.74, 6) is 0.596. The number of nitrogens with one attached hydrogen (secondary N) is 3. The highest BCUT2D eigenvalue weighted by Gasteiger charge is 2.11. The first-order chi connectivity index (χ1) is 18.4. The number of aromatic amines is 1. The molecular formula is C29H36N8O. The molecule has 5 N–H and O–H groups in total. The van der Waals surface area contributed by atoms with Crippen LogP contribution in [0.15, 0.2) is 60.9 Å². The van der Waals surface area contributed by atoms with Crippen LogP contribution < -0.4 is 16.0 Å². The Bertz CT molecular complexity index is 1390. The molecule has 0 aliphatic heterocycles. The van der Waals surface area contributed by atoms with Crippen LogP contribution in [-0.2, 0) is 6.42 Å². The average molecular weight is 513 g/mol. The van der Waals surface area contributed by atoms with Crippen molar-refractivity contribution in [3.05, 3.63) is 77.6 Å². The van der Waals surface area contributed by atoms with Crippen LogP contribution in [0.2, 0.25) is 0 Å². The summed E-state index contributed by atoms with van der Waals surface area (Å²) in [6.07, 6.45) is 4.19. The van der Waals surface area contributed by atoms with Gasteiger partial charge in [0.25, 0.3) is 5.91 Å². The van der Waals surface area contributed by atoms with Gasteiger partial charge >= 0.3 is 0 Å². The maximum absolute atomic E-state index is 12.7. The van der Waals surface area contributed by atoms with Crippen molar-refractivity contribution in [1.82, 2.24) is 25.2 Å². The van der Waals surface area contributed by atoms with Crippen LogP contribution in [0, 0.1) is 5.41 Å². The molecule has 0 saturated heterocycles. The molecule has 2 heterocycles. The van der Waals surface area contributed by atoms with Crippen LogP contribution in [0.5, 0.6) is 0 Å². The van der Waals surface area contributed by atoms with Gasteiger partial charge in [0.05, 0.1) is 5.69 Å². The Kier molecular flexibility index (Phi) is 8.70. The predicted molar refractivity (Wildman–Crippen MR) is 154 cm³/mol. The second-order valence-electron chi connectivity index (χ2n) is 9.27. The number of likely N-dealkylation sites (N-methyl/N-ethyl adjacent to an activating group) is 2. The van der Waals surface area contributed by atoms with Crippen LogP contribution in [0.1, 0.15) is 35.3 Å². The number of amidine groups is 1. The molecule has 9 nitrogen and oxygen atoms in total. The lowest BCUT2D eigenvalue weighted by molar-refractivity contribution is 0.0954. The summed E-state index contributed by atoms with van der Waals surface area (Å²) in [5.41, 5.74) is 10.7. The van der Waals surface area contributed by atoms with Gasteiger partial charge in [0.2, 0.25) is 5.95 Å². The Labute approximate surface area is 223 Å². The molecule has 0 aliphatic carbocycles. The molecule has 0 unspecified atom stereocenters. The van der Waals surface area contributed by atoms with Gasteiger partial charge < -0.3 is 25.8 Å². The van der Waals surface area contributed by atoms with E-state index in [4.69, 9.17) is 16.1 Å². The van der Waals surface area contributed by atoms with Crippen molar-refractivity contribution >= 4 is 28.6 Å². The van der Waals surface area contributed by atoms with Crippen molar-refractivity contribution in [2.45, 2.75) is 20.3 Å². The third-order valence-corrected chi connectivity index (χ3v) is 6.81. The molecule has 0 spiro atoms.